The molecule has 0 N–H and O–H groups in total. The highest BCUT2D eigenvalue weighted by Gasteiger charge is 2.32. The summed E-state index contributed by atoms with van der Waals surface area (Å²) in [6.07, 6.45) is 0. The number of thiophene rings is 1. The highest BCUT2D eigenvalue weighted by molar-refractivity contribution is 7.12. The van der Waals surface area contributed by atoms with Crippen LogP contribution in [0.1, 0.15) is 9.67 Å². The quantitative estimate of drug-likeness (QED) is 0.840. The molecule has 0 spiro atoms. The summed E-state index contributed by atoms with van der Waals surface area (Å²) >= 11 is 1.46. The number of likely N-dealkylation sites (tertiary alicyclic amines) is 1. The Morgan fingerprint density at radius 2 is 2.00 bits per heavy atom. The van der Waals surface area contributed by atoms with Gasteiger partial charge in [0.05, 0.1) is 16.9 Å². The Balaban J connectivity index is 1.86. The third-order valence-corrected chi connectivity index (χ3v) is 4.20. The van der Waals surface area contributed by atoms with Crippen molar-refractivity contribution in [1.29, 1.82) is 5.26 Å². The zero-order chi connectivity index (χ0) is 13.2. The topological polar surface area (TPSA) is 44.1 Å². The van der Waals surface area contributed by atoms with Gasteiger partial charge in [0.25, 0.3) is 5.91 Å². The zero-order valence-corrected chi connectivity index (χ0v) is 11.1. The lowest BCUT2D eigenvalue weighted by Gasteiger charge is -2.35. The molecule has 1 aromatic heterocycles. The zero-order valence-electron chi connectivity index (χ0n) is 10.2. The van der Waals surface area contributed by atoms with Crippen molar-refractivity contribution in [2.24, 2.45) is 5.92 Å². The maximum atomic E-state index is 12.4. The Hall–Kier alpha value is -2.12. The summed E-state index contributed by atoms with van der Waals surface area (Å²) in [6.45, 7) is 1.11. The Labute approximate surface area is 115 Å². The predicted octanol–water partition coefficient (Wildman–Crippen LogP) is 3.01. The molecule has 2 aromatic rings. The average molecular weight is 268 g/mol. The Bertz CT molecular complexity index is 636. The van der Waals surface area contributed by atoms with Crippen LogP contribution in [-0.4, -0.2) is 23.9 Å². The Morgan fingerprint density at radius 3 is 2.68 bits per heavy atom. The number of benzene rings is 1. The molecule has 94 valence electrons. The normalized spacial score (nSPS) is 14.8. The van der Waals surface area contributed by atoms with Crippen LogP contribution in [0.25, 0.3) is 11.1 Å². The molecule has 1 amide bonds. The second-order valence-electron chi connectivity index (χ2n) is 4.57. The number of nitriles is 1. The molecule has 0 unspecified atom stereocenters. The van der Waals surface area contributed by atoms with E-state index in [9.17, 15) is 4.79 Å². The third kappa shape index (κ3) is 2.13. The number of carbonyl (C=O) groups is 1. The van der Waals surface area contributed by atoms with Gasteiger partial charge in [0.2, 0.25) is 0 Å². The van der Waals surface area contributed by atoms with E-state index in [-0.39, 0.29) is 11.8 Å². The van der Waals surface area contributed by atoms with Crippen molar-refractivity contribution < 1.29 is 4.79 Å². The van der Waals surface area contributed by atoms with Gasteiger partial charge in [0, 0.05) is 18.7 Å². The molecule has 3 rings (SSSR count). The summed E-state index contributed by atoms with van der Waals surface area (Å²) in [6, 6.07) is 14.1. The molecule has 0 aliphatic carbocycles. The van der Waals surface area contributed by atoms with Crippen LogP contribution in [0.4, 0.5) is 0 Å². The second kappa shape index (κ2) is 4.87. The molecular formula is C15H12N2OS. The average Bonchev–Trinajstić information content (AvgIpc) is 2.87. The minimum Gasteiger partial charge on any atom is -0.335 e. The van der Waals surface area contributed by atoms with Crippen LogP contribution in [0.3, 0.4) is 0 Å². The van der Waals surface area contributed by atoms with Gasteiger partial charge in [-0.05, 0) is 17.0 Å². The summed E-state index contributed by atoms with van der Waals surface area (Å²) < 4.78 is 0. The van der Waals surface area contributed by atoms with Crippen LogP contribution in [0, 0.1) is 17.2 Å². The first-order valence-corrected chi connectivity index (χ1v) is 6.99. The fourth-order valence-electron chi connectivity index (χ4n) is 2.19. The van der Waals surface area contributed by atoms with E-state index in [1.165, 1.54) is 11.3 Å². The summed E-state index contributed by atoms with van der Waals surface area (Å²) in [4.78, 5) is 14.9. The maximum absolute atomic E-state index is 12.4. The van der Waals surface area contributed by atoms with Crippen LogP contribution < -0.4 is 0 Å². The lowest BCUT2D eigenvalue weighted by atomic mass is 10.0. The van der Waals surface area contributed by atoms with E-state index in [4.69, 9.17) is 5.26 Å². The van der Waals surface area contributed by atoms with Gasteiger partial charge in [-0.15, -0.1) is 11.3 Å². The summed E-state index contributed by atoms with van der Waals surface area (Å²) in [5.41, 5.74) is 2.04. The van der Waals surface area contributed by atoms with E-state index in [2.05, 4.69) is 6.07 Å². The van der Waals surface area contributed by atoms with E-state index in [1.54, 1.807) is 4.90 Å². The van der Waals surface area contributed by atoms with Crippen LogP contribution in [0.5, 0.6) is 0 Å². The number of carbonyl (C=O) groups excluding carboxylic acids is 1. The Morgan fingerprint density at radius 1 is 1.26 bits per heavy atom. The molecule has 1 aliphatic heterocycles. The van der Waals surface area contributed by atoms with E-state index < -0.39 is 0 Å². The minimum atomic E-state index is 0.00378. The monoisotopic (exact) mass is 268 g/mol. The first kappa shape index (κ1) is 11.9. The van der Waals surface area contributed by atoms with E-state index in [0.29, 0.717) is 13.1 Å². The van der Waals surface area contributed by atoms with E-state index in [1.807, 2.05) is 41.8 Å². The van der Waals surface area contributed by atoms with Crippen LogP contribution in [0.2, 0.25) is 0 Å². The fraction of sp³-hybridized carbons (Fsp3) is 0.200. The minimum absolute atomic E-state index is 0.00378. The smallest absolute Gasteiger partial charge is 0.264 e. The number of amides is 1. The van der Waals surface area contributed by atoms with Gasteiger partial charge in [-0.3, -0.25) is 4.79 Å². The molecule has 0 atom stereocenters. The van der Waals surface area contributed by atoms with Gasteiger partial charge in [0.1, 0.15) is 0 Å². The lowest BCUT2D eigenvalue weighted by Crippen LogP contribution is -2.49. The highest BCUT2D eigenvalue weighted by Crippen LogP contribution is 2.30. The standard InChI is InChI=1S/C15H12N2OS/c16-8-11-9-17(10-11)15(18)14-13(6-7-19-14)12-4-2-1-3-5-12/h1-7,11H,9-10H2. The molecule has 1 aliphatic rings. The van der Waals surface area contributed by atoms with Gasteiger partial charge in [-0.2, -0.15) is 5.26 Å². The third-order valence-electron chi connectivity index (χ3n) is 3.30. The molecule has 1 saturated heterocycles. The molecule has 19 heavy (non-hydrogen) atoms. The molecule has 4 heteroatoms. The summed E-state index contributed by atoms with van der Waals surface area (Å²) in [5, 5.41) is 10.7. The largest absolute Gasteiger partial charge is 0.335 e. The van der Waals surface area contributed by atoms with Gasteiger partial charge < -0.3 is 4.90 Å². The number of hydrogen-bond acceptors (Lipinski definition) is 3. The first-order chi connectivity index (χ1) is 9.29. The van der Waals surface area contributed by atoms with E-state index >= 15 is 0 Å². The van der Waals surface area contributed by atoms with Crippen molar-refractivity contribution in [2.75, 3.05) is 13.1 Å². The number of nitrogens with zero attached hydrogens (tertiary/aromatic N) is 2. The van der Waals surface area contributed by atoms with Crippen molar-refractivity contribution in [3.63, 3.8) is 0 Å². The first-order valence-electron chi connectivity index (χ1n) is 6.11. The molecule has 0 bridgehead atoms. The highest BCUT2D eigenvalue weighted by atomic mass is 32.1. The van der Waals surface area contributed by atoms with Crippen molar-refractivity contribution in [3.8, 4) is 17.2 Å². The maximum Gasteiger partial charge on any atom is 0.264 e. The second-order valence-corrected chi connectivity index (χ2v) is 5.48. The fourth-order valence-corrected chi connectivity index (χ4v) is 3.07. The molecule has 0 radical (unpaired) electrons. The molecule has 1 aromatic carbocycles. The van der Waals surface area contributed by atoms with Crippen molar-refractivity contribution >= 4 is 17.2 Å². The molecule has 2 heterocycles. The van der Waals surface area contributed by atoms with Gasteiger partial charge in [0.15, 0.2) is 0 Å². The van der Waals surface area contributed by atoms with Crippen LogP contribution in [0.15, 0.2) is 41.8 Å². The summed E-state index contributed by atoms with van der Waals surface area (Å²) in [7, 11) is 0. The van der Waals surface area contributed by atoms with E-state index in [0.717, 1.165) is 16.0 Å². The number of hydrogen-bond donors (Lipinski definition) is 0. The van der Waals surface area contributed by atoms with Crippen molar-refractivity contribution in [1.82, 2.24) is 4.90 Å². The molecular weight excluding hydrogens is 256 g/mol. The lowest BCUT2D eigenvalue weighted by molar-refractivity contribution is 0.0583. The van der Waals surface area contributed by atoms with Crippen molar-refractivity contribution in [2.45, 2.75) is 0 Å². The molecule has 0 saturated carbocycles. The van der Waals surface area contributed by atoms with Crippen LogP contribution in [-0.2, 0) is 0 Å². The van der Waals surface area contributed by atoms with Crippen molar-refractivity contribution in [3.05, 3.63) is 46.7 Å². The molecule has 1 fully saturated rings. The SMILES string of the molecule is N#CC1CN(C(=O)c2sccc2-c2ccccc2)C1. The number of rotatable bonds is 2. The van der Waals surface area contributed by atoms with Crippen LogP contribution >= 0.6 is 11.3 Å². The van der Waals surface area contributed by atoms with Gasteiger partial charge >= 0.3 is 0 Å². The Kier molecular flexibility index (Phi) is 3.06. The predicted molar refractivity (Wildman–Crippen MR) is 74.8 cm³/mol. The summed E-state index contributed by atoms with van der Waals surface area (Å²) in [5.74, 6) is 0.0458. The van der Waals surface area contributed by atoms with Gasteiger partial charge in [-0.25, -0.2) is 0 Å². The molecule has 3 nitrogen and oxygen atoms in total. The van der Waals surface area contributed by atoms with Gasteiger partial charge in [-0.1, -0.05) is 30.3 Å².